The summed E-state index contributed by atoms with van der Waals surface area (Å²) in [6.07, 6.45) is 0.439. The maximum Gasteiger partial charge on any atom is 0.261 e. The second-order valence-electron chi connectivity index (χ2n) is 9.94. The van der Waals surface area contributed by atoms with Gasteiger partial charge in [0, 0.05) is 12.1 Å². The average molecular weight is 645 g/mol. The number of ether oxygens (including phenoxy) is 1. The summed E-state index contributed by atoms with van der Waals surface area (Å²) < 4.78 is 34.5. The minimum Gasteiger partial charge on any atom is -0.497 e. The molecule has 45 heavy (non-hydrogen) atoms. The number of benzene rings is 3. The first-order chi connectivity index (χ1) is 21.9. The summed E-state index contributed by atoms with van der Waals surface area (Å²) in [6, 6.07) is 22.3. The molecule has 0 radical (unpaired) electrons. The third-order valence-corrected chi connectivity index (χ3v) is 8.89. The number of hydrogen-bond donors (Lipinski definition) is 1. The largest absolute Gasteiger partial charge is 0.497 e. The molecular formula is C32H26F2N6O3S2. The Balaban J connectivity index is 1.24. The second kappa shape index (κ2) is 13.4. The number of carbonyl (C=O) groups excluding carboxylic acids is 2. The highest BCUT2D eigenvalue weighted by Crippen LogP contribution is 2.34. The second-order valence-corrected chi connectivity index (χ2v) is 11.8. The summed E-state index contributed by atoms with van der Waals surface area (Å²) in [5.74, 6) is -0.260. The number of nitrogens with one attached hydrogen (secondary N) is 1. The molecule has 228 valence electrons. The van der Waals surface area contributed by atoms with Crippen LogP contribution in [-0.2, 0) is 11.3 Å². The van der Waals surface area contributed by atoms with E-state index in [2.05, 4.69) is 15.5 Å². The van der Waals surface area contributed by atoms with Gasteiger partial charge in [0.1, 0.15) is 17.4 Å². The first-order valence-electron chi connectivity index (χ1n) is 13.8. The van der Waals surface area contributed by atoms with Crippen LogP contribution in [0.5, 0.6) is 5.75 Å². The molecule has 9 nitrogen and oxygen atoms in total. The van der Waals surface area contributed by atoms with E-state index in [1.807, 2.05) is 29.6 Å². The van der Waals surface area contributed by atoms with Crippen molar-refractivity contribution in [2.45, 2.75) is 24.2 Å². The zero-order valence-electron chi connectivity index (χ0n) is 23.9. The number of hydrazone groups is 1. The number of amides is 2. The molecule has 2 amide bonds. The van der Waals surface area contributed by atoms with Crippen molar-refractivity contribution in [3.8, 4) is 11.4 Å². The van der Waals surface area contributed by atoms with Crippen LogP contribution in [0.4, 0.5) is 8.78 Å². The Morgan fingerprint density at radius 1 is 0.978 bits per heavy atom. The molecule has 13 heteroatoms. The molecule has 1 atom stereocenters. The number of methoxy groups -OCH3 is 1. The van der Waals surface area contributed by atoms with Crippen LogP contribution in [0.2, 0.25) is 0 Å². The summed E-state index contributed by atoms with van der Waals surface area (Å²) in [5, 5.41) is 19.7. The molecule has 0 unspecified atom stereocenters. The van der Waals surface area contributed by atoms with Crippen LogP contribution in [0, 0.1) is 11.6 Å². The molecule has 6 rings (SSSR count). The normalized spacial score (nSPS) is 14.3. The van der Waals surface area contributed by atoms with Gasteiger partial charge in [0.05, 0.1) is 36.0 Å². The van der Waals surface area contributed by atoms with Crippen LogP contribution in [0.1, 0.15) is 39.1 Å². The predicted octanol–water partition coefficient (Wildman–Crippen LogP) is 6.02. The molecule has 0 spiro atoms. The van der Waals surface area contributed by atoms with Gasteiger partial charge in [0.25, 0.3) is 11.8 Å². The van der Waals surface area contributed by atoms with Crippen LogP contribution in [0.25, 0.3) is 5.69 Å². The molecule has 0 aliphatic carbocycles. The molecule has 3 aromatic carbocycles. The Morgan fingerprint density at radius 2 is 1.69 bits per heavy atom. The van der Waals surface area contributed by atoms with E-state index in [0.29, 0.717) is 39.4 Å². The van der Waals surface area contributed by atoms with Gasteiger partial charge in [0.2, 0.25) is 0 Å². The standard InChI is InChI=1S/C32H26F2N6O3S2/c1-43-25-14-6-20(7-15-25)26-17-27(21-4-8-22(33)9-5-21)40(38-26)30(41)19-45-32-37-36-29(18-35-31(42)28-3-2-16-44-28)39(32)24-12-10-23(34)11-13-24/h2-16,27H,17-19H2,1H3,(H,35,42)/t27-/m0/s1. The number of aromatic nitrogens is 3. The third-order valence-electron chi connectivity index (χ3n) is 7.11. The van der Waals surface area contributed by atoms with Gasteiger partial charge in [-0.15, -0.1) is 21.5 Å². The number of hydrogen-bond acceptors (Lipinski definition) is 8. The monoisotopic (exact) mass is 644 g/mol. The van der Waals surface area contributed by atoms with Crippen molar-refractivity contribution in [3.05, 3.63) is 124 Å². The molecule has 1 N–H and O–H groups in total. The van der Waals surface area contributed by atoms with Crippen molar-refractivity contribution in [2.75, 3.05) is 12.9 Å². The van der Waals surface area contributed by atoms with Crippen LogP contribution in [0.3, 0.4) is 0 Å². The van der Waals surface area contributed by atoms with E-state index in [1.54, 1.807) is 48.1 Å². The maximum absolute atomic E-state index is 13.8. The van der Waals surface area contributed by atoms with E-state index in [1.165, 1.54) is 40.6 Å². The SMILES string of the molecule is COc1ccc(C2=NN(C(=O)CSc3nnc(CNC(=O)c4cccs4)n3-c3ccc(F)cc3)[C@H](c3ccc(F)cc3)C2)cc1. The number of nitrogens with zero attached hydrogens (tertiary/aromatic N) is 5. The Hall–Kier alpha value is -4.88. The van der Waals surface area contributed by atoms with Gasteiger partial charge in [-0.05, 0) is 83.2 Å². The van der Waals surface area contributed by atoms with E-state index in [4.69, 9.17) is 9.84 Å². The highest BCUT2D eigenvalue weighted by molar-refractivity contribution is 7.99. The average Bonchev–Trinajstić information content (AvgIpc) is 3.84. The van der Waals surface area contributed by atoms with E-state index in [0.717, 1.165) is 22.9 Å². The molecule has 2 aromatic heterocycles. The molecule has 1 aliphatic heterocycles. The van der Waals surface area contributed by atoms with Crippen LogP contribution < -0.4 is 10.1 Å². The van der Waals surface area contributed by atoms with Crippen molar-refractivity contribution >= 4 is 40.6 Å². The number of thiophene rings is 1. The lowest BCUT2D eigenvalue weighted by atomic mass is 9.98. The highest BCUT2D eigenvalue weighted by Gasteiger charge is 2.33. The van der Waals surface area contributed by atoms with Crippen molar-refractivity contribution in [1.29, 1.82) is 0 Å². The van der Waals surface area contributed by atoms with Crippen molar-refractivity contribution < 1.29 is 23.1 Å². The fraction of sp³-hybridized carbons (Fsp3) is 0.156. The molecule has 1 aliphatic rings. The van der Waals surface area contributed by atoms with Gasteiger partial charge in [-0.1, -0.05) is 30.0 Å². The topological polar surface area (TPSA) is 102 Å². The van der Waals surface area contributed by atoms with E-state index in [9.17, 15) is 18.4 Å². The van der Waals surface area contributed by atoms with E-state index < -0.39 is 11.9 Å². The van der Waals surface area contributed by atoms with Gasteiger partial charge in [0.15, 0.2) is 11.0 Å². The fourth-order valence-corrected chi connectivity index (χ4v) is 6.31. The Kier molecular flexibility index (Phi) is 8.98. The van der Waals surface area contributed by atoms with Gasteiger partial charge in [-0.3, -0.25) is 14.2 Å². The smallest absolute Gasteiger partial charge is 0.261 e. The van der Waals surface area contributed by atoms with Gasteiger partial charge >= 0.3 is 0 Å². The minimum atomic E-state index is -0.436. The zero-order chi connectivity index (χ0) is 31.3. The Morgan fingerprint density at radius 3 is 2.36 bits per heavy atom. The summed E-state index contributed by atoms with van der Waals surface area (Å²) in [7, 11) is 1.59. The minimum absolute atomic E-state index is 0.0437. The summed E-state index contributed by atoms with van der Waals surface area (Å²) >= 11 is 2.46. The Labute approximate surface area is 265 Å². The maximum atomic E-state index is 13.8. The fourth-order valence-electron chi connectivity index (χ4n) is 4.85. The van der Waals surface area contributed by atoms with Crippen molar-refractivity contribution in [1.82, 2.24) is 25.1 Å². The highest BCUT2D eigenvalue weighted by atomic mass is 32.2. The number of rotatable bonds is 10. The zero-order valence-corrected chi connectivity index (χ0v) is 25.5. The molecule has 5 aromatic rings. The number of carbonyl (C=O) groups is 2. The van der Waals surface area contributed by atoms with Crippen LogP contribution >= 0.6 is 23.1 Å². The predicted molar refractivity (Wildman–Crippen MR) is 168 cm³/mol. The lowest BCUT2D eigenvalue weighted by Gasteiger charge is -2.22. The molecule has 0 saturated heterocycles. The van der Waals surface area contributed by atoms with Crippen LogP contribution in [-0.4, -0.2) is 50.2 Å². The number of halogens is 2. The molecule has 0 fully saturated rings. The first-order valence-corrected chi connectivity index (χ1v) is 15.7. The molecular weight excluding hydrogens is 619 g/mol. The van der Waals surface area contributed by atoms with Crippen molar-refractivity contribution in [3.63, 3.8) is 0 Å². The van der Waals surface area contributed by atoms with Gasteiger partial charge in [-0.2, -0.15) is 5.10 Å². The molecule has 0 saturated carbocycles. The summed E-state index contributed by atoms with van der Waals surface area (Å²) in [4.78, 5) is 26.9. The summed E-state index contributed by atoms with van der Waals surface area (Å²) in [5.41, 5.74) is 2.88. The molecule has 0 bridgehead atoms. The van der Waals surface area contributed by atoms with E-state index in [-0.39, 0.29) is 29.9 Å². The lowest BCUT2D eigenvalue weighted by Crippen LogP contribution is -2.28. The molecule has 3 heterocycles. The Bertz CT molecular complexity index is 1830. The van der Waals surface area contributed by atoms with Gasteiger partial charge in [-0.25, -0.2) is 13.8 Å². The summed E-state index contributed by atoms with van der Waals surface area (Å²) in [6.45, 7) is 0.0594. The lowest BCUT2D eigenvalue weighted by molar-refractivity contribution is -0.130. The van der Waals surface area contributed by atoms with Gasteiger partial charge < -0.3 is 10.1 Å². The first kappa shape index (κ1) is 30.2. The van der Waals surface area contributed by atoms with E-state index >= 15 is 0 Å². The van der Waals surface area contributed by atoms with Crippen LogP contribution in [0.15, 0.2) is 101 Å². The quantitative estimate of drug-likeness (QED) is 0.187. The van der Waals surface area contributed by atoms with Crippen molar-refractivity contribution in [2.24, 2.45) is 5.10 Å². The number of thioether (sulfide) groups is 1. The third kappa shape index (κ3) is 6.79.